The van der Waals surface area contributed by atoms with Crippen LogP contribution in [0, 0.1) is 5.82 Å². The van der Waals surface area contributed by atoms with Crippen molar-refractivity contribution in [1.82, 2.24) is 0 Å². The number of rotatable bonds is 6. The zero-order chi connectivity index (χ0) is 21.8. The number of anilines is 4. The number of nitrogens with zero attached hydrogens (tertiary/aromatic N) is 2. The molecule has 0 radical (unpaired) electrons. The number of para-hydroxylation sites is 1. The highest BCUT2D eigenvalue weighted by atomic mass is 19.1. The minimum Gasteiger partial charge on any atom is -0.368 e. The van der Waals surface area contributed by atoms with Crippen LogP contribution in [0.4, 0.5) is 27.1 Å². The Morgan fingerprint density at radius 1 is 0.903 bits per heavy atom. The highest BCUT2D eigenvalue weighted by molar-refractivity contribution is 6.44. The van der Waals surface area contributed by atoms with E-state index >= 15 is 0 Å². The van der Waals surface area contributed by atoms with Gasteiger partial charge in [-0.15, -0.1) is 0 Å². The van der Waals surface area contributed by atoms with E-state index in [1.165, 1.54) is 29.3 Å². The maximum Gasteiger partial charge on any atom is 0.271 e. The number of nitrogens with two attached hydrogens (primary N) is 1. The molecule has 1 unspecified atom stereocenters. The second-order valence-corrected chi connectivity index (χ2v) is 7.01. The Hall–Kier alpha value is -4.20. The summed E-state index contributed by atoms with van der Waals surface area (Å²) in [7, 11) is 0. The standard InChI is InChI=1S/C23H20FN5O2/c24-15-6-12-19(13-7-15)29-21(22(25)30)14-20(28-29)23(31)27-18-10-8-17(9-11-18)26-16-4-2-1-3-5-16/h1-13,21,26H,14H2,(H2,25,30)(H,27,31). The second kappa shape index (κ2) is 8.66. The molecule has 1 aliphatic heterocycles. The number of primary amides is 1. The Balaban J connectivity index is 1.45. The van der Waals surface area contributed by atoms with Crippen molar-refractivity contribution in [3.05, 3.63) is 84.7 Å². The van der Waals surface area contributed by atoms with Gasteiger partial charge in [-0.2, -0.15) is 5.10 Å². The van der Waals surface area contributed by atoms with Crippen LogP contribution in [0.1, 0.15) is 6.42 Å². The molecule has 1 heterocycles. The molecule has 4 N–H and O–H groups in total. The van der Waals surface area contributed by atoms with E-state index in [1.54, 1.807) is 12.1 Å². The van der Waals surface area contributed by atoms with E-state index in [9.17, 15) is 14.0 Å². The Bertz CT molecular complexity index is 1110. The molecule has 7 nitrogen and oxygen atoms in total. The van der Waals surface area contributed by atoms with Crippen LogP contribution in [0.3, 0.4) is 0 Å². The fourth-order valence-electron chi connectivity index (χ4n) is 3.23. The van der Waals surface area contributed by atoms with Gasteiger partial charge in [0.05, 0.1) is 5.69 Å². The summed E-state index contributed by atoms with van der Waals surface area (Å²) >= 11 is 0. The van der Waals surface area contributed by atoms with Crippen molar-refractivity contribution >= 4 is 40.3 Å². The minimum absolute atomic E-state index is 0.0617. The molecule has 0 saturated carbocycles. The number of carbonyl (C=O) groups excluding carboxylic acids is 2. The number of hydrogen-bond acceptors (Lipinski definition) is 5. The number of amides is 2. The molecule has 0 fully saturated rings. The average Bonchev–Trinajstić information content (AvgIpc) is 3.22. The summed E-state index contributed by atoms with van der Waals surface area (Å²) in [4.78, 5) is 24.6. The lowest BCUT2D eigenvalue weighted by molar-refractivity contribution is -0.119. The van der Waals surface area contributed by atoms with Crippen LogP contribution in [-0.2, 0) is 9.59 Å². The molecule has 0 saturated heterocycles. The van der Waals surface area contributed by atoms with Gasteiger partial charge >= 0.3 is 0 Å². The Kier molecular flexibility index (Phi) is 5.61. The number of nitrogens with one attached hydrogen (secondary N) is 2. The van der Waals surface area contributed by atoms with Gasteiger partial charge < -0.3 is 16.4 Å². The predicted molar refractivity (Wildman–Crippen MR) is 119 cm³/mol. The fourth-order valence-corrected chi connectivity index (χ4v) is 3.23. The zero-order valence-corrected chi connectivity index (χ0v) is 16.5. The van der Waals surface area contributed by atoms with E-state index in [2.05, 4.69) is 15.7 Å². The van der Waals surface area contributed by atoms with E-state index in [1.807, 2.05) is 42.5 Å². The van der Waals surface area contributed by atoms with E-state index in [4.69, 9.17) is 5.73 Å². The van der Waals surface area contributed by atoms with Gasteiger partial charge in [0.15, 0.2) is 0 Å². The third-order valence-electron chi connectivity index (χ3n) is 4.80. The maximum atomic E-state index is 13.2. The molecule has 3 aromatic carbocycles. The van der Waals surface area contributed by atoms with Crippen molar-refractivity contribution in [3.8, 4) is 0 Å². The molecule has 0 aromatic heterocycles. The van der Waals surface area contributed by atoms with Crippen molar-refractivity contribution in [2.75, 3.05) is 15.6 Å². The quantitative estimate of drug-likeness (QED) is 0.570. The van der Waals surface area contributed by atoms with Crippen molar-refractivity contribution in [2.24, 2.45) is 10.8 Å². The minimum atomic E-state index is -0.816. The number of hydrazone groups is 1. The van der Waals surface area contributed by atoms with Crippen LogP contribution in [0.25, 0.3) is 0 Å². The molecule has 1 atom stereocenters. The van der Waals surface area contributed by atoms with Gasteiger partial charge in [0.2, 0.25) is 5.91 Å². The lowest BCUT2D eigenvalue weighted by Gasteiger charge is -2.20. The highest BCUT2D eigenvalue weighted by Gasteiger charge is 2.35. The first kappa shape index (κ1) is 20.1. The van der Waals surface area contributed by atoms with Gasteiger partial charge in [-0.1, -0.05) is 18.2 Å². The molecule has 1 aliphatic rings. The first-order valence-corrected chi connectivity index (χ1v) is 9.65. The van der Waals surface area contributed by atoms with Crippen LogP contribution < -0.4 is 21.4 Å². The average molecular weight is 417 g/mol. The summed E-state index contributed by atoms with van der Waals surface area (Å²) in [6, 6.07) is 21.6. The molecule has 8 heteroatoms. The van der Waals surface area contributed by atoms with E-state index < -0.39 is 23.7 Å². The zero-order valence-electron chi connectivity index (χ0n) is 16.5. The molecular weight excluding hydrogens is 397 g/mol. The summed E-state index contributed by atoms with van der Waals surface area (Å²) < 4.78 is 13.2. The first-order valence-electron chi connectivity index (χ1n) is 9.65. The van der Waals surface area contributed by atoms with Crippen LogP contribution in [0.15, 0.2) is 84.0 Å². The van der Waals surface area contributed by atoms with Crippen molar-refractivity contribution in [2.45, 2.75) is 12.5 Å². The molecule has 4 rings (SSSR count). The Labute approximate surface area is 178 Å². The fraction of sp³-hybridized carbons (Fsp3) is 0.0870. The molecule has 2 amide bonds. The predicted octanol–water partition coefficient (Wildman–Crippen LogP) is 3.63. The molecule has 0 aliphatic carbocycles. The molecule has 3 aromatic rings. The summed E-state index contributed by atoms with van der Waals surface area (Å²) in [6.07, 6.45) is 0.0617. The van der Waals surface area contributed by atoms with Gasteiger partial charge in [0.25, 0.3) is 5.91 Å². The second-order valence-electron chi connectivity index (χ2n) is 7.01. The van der Waals surface area contributed by atoms with E-state index in [0.717, 1.165) is 11.4 Å². The normalized spacial score (nSPS) is 15.3. The lowest BCUT2D eigenvalue weighted by Crippen LogP contribution is -2.39. The number of benzene rings is 3. The SMILES string of the molecule is NC(=O)C1CC(C(=O)Nc2ccc(Nc3ccccc3)cc2)=NN1c1ccc(F)cc1. The summed E-state index contributed by atoms with van der Waals surface area (Å²) in [5.41, 5.74) is 8.54. The molecule has 31 heavy (non-hydrogen) atoms. The smallest absolute Gasteiger partial charge is 0.271 e. The van der Waals surface area contributed by atoms with Crippen LogP contribution in [0.5, 0.6) is 0 Å². The Morgan fingerprint density at radius 2 is 1.52 bits per heavy atom. The molecule has 0 spiro atoms. The third kappa shape index (κ3) is 4.69. The van der Waals surface area contributed by atoms with Crippen molar-refractivity contribution in [1.29, 1.82) is 0 Å². The third-order valence-corrected chi connectivity index (χ3v) is 4.80. The monoisotopic (exact) mass is 417 g/mol. The number of halogens is 1. The molecular formula is C23H20FN5O2. The van der Waals surface area contributed by atoms with Crippen LogP contribution in [-0.4, -0.2) is 23.6 Å². The topological polar surface area (TPSA) is 99.8 Å². The molecule has 0 bridgehead atoms. The maximum absolute atomic E-state index is 13.2. The van der Waals surface area contributed by atoms with Crippen LogP contribution in [0.2, 0.25) is 0 Å². The summed E-state index contributed by atoms with van der Waals surface area (Å²) in [6.45, 7) is 0. The number of hydrogen-bond donors (Lipinski definition) is 3. The van der Waals surface area contributed by atoms with Gasteiger partial charge in [-0.05, 0) is 60.7 Å². The number of carbonyl (C=O) groups is 2. The van der Waals surface area contributed by atoms with Gasteiger partial charge in [-0.25, -0.2) is 4.39 Å². The van der Waals surface area contributed by atoms with Gasteiger partial charge in [0, 0.05) is 23.5 Å². The van der Waals surface area contributed by atoms with E-state index in [0.29, 0.717) is 11.4 Å². The Morgan fingerprint density at radius 3 is 2.16 bits per heavy atom. The van der Waals surface area contributed by atoms with Gasteiger partial charge in [-0.3, -0.25) is 14.6 Å². The highest BCUT2D eigenvalue weighted by Crippen LogP contribution is 2.25. The van der Waals surface area contributed by atoms with Crippen LogP contribution >= 0.6 is 0 Å². The molecule has 156 valence electrons. The van der Waals surface area contributed by atoms with E-state index in [-0.39, 0.29) is 12.1 Å². The lowest BCUT2D eigenvalue weighted by atomic mass is 10.1. The summed E-state index contributed by atoms with van der Waals surface area (Å²) in [5.74, 6) is -1.46. The largest absolute Gasteiger partial charge is 0.368 e. The summed E-state index contributed by atoms with van der Waals surface area (Å²) in [5, 5.41) is 11.7. The van der Waals surface area contributed by atoms with Crippen molar-refractivity contribution in [3.63, 3.8) is 0 Å². The van der Waals surface area contributed by atoms with Gasteiger partial charge in [0.1, 0.15) is 17.6 Å². The first-order chi connectivity index (χ1) is 15.0. The van der Waals surface area contributed by atoms with Crippen molar-refractivity contribution < 1.29 is 14.0 Å².